The Bertz CT molecular complexity index is 1010. The van der Waals surface area contributed by atoms with E-state index in [0.29, 0.717) is 11.1 Å². The Hall–Kier alpha value is -3.45. The number of carbonyl (C=O) groups excluding carboxylic acids is 1. The lowest BCUT2D eigenvalue weighted by Gasteiger charge is -2.19. The molecule has 0 atom stereocenters. The molecule has 0 fully saturated rings. The lowest BCUT2D eigenvalue weighted by atomic mass is 9.87. The van der Waals surface area contributed by atoms with Crippen LogP contribution in [-0.4, -0.2) is 10.9 Å². The lowest BCUT2D eigenvalue weighted by molar-refractivity contribution is 0.102. The van der Waals surface area contributed by atoms with Crippen LogP contribution < -0.4 is 5.32 Å². The van der Waals surface area contributed by atoms with E-state index in [0.717, 1.165) is 22.5 Å². The van der Waals surface area contributed by atoms with E-state index in [4.69, 9.17) is 5.26 Å². The SMILES string of the molecule is CC(C)(C)c1cccc(NC(=O)c2ccc(-c3cccc(C#N)c3)nc2)c1. The summed E-state index contributed by atoms with van der Waals surface area (Å²) in [4.78, 5) is 16.9. The van der Waals surface area contributed by atoms with Crippen LogP contribution >= 0.6 is 0 Å². The fraction of sp³-hybridized carbons (Fsp3) is 0.174. The molecule has 134 valence electrons. The van der Waals surface area contributed by atoms with Crippen LogP contribution in [0, 0.1) is 11.3 Å². The van der Waals surface area contributed by atoms with Crippen molar-refractivity contribution in [3.63, 3.8) is 0 Å². The summed E-state index contributed by atoms with van der Waals surface area (Å²) in [5, 5.41) is 11.9. The van der Waals surface area contributed by atoms with Gasteiger partial charge in [-0.05, 0) is 47.4 Å². The topological polar surface area (TPSA) is 65.8 Å². The van der Waals surface area contributed by atoms with Gasteiger partial charge in [0.25, 0.3) is 5.91 Å². The van der Waals surface area contributed by atoms with Gasteiger partial charge in [-0.15, -0.1) is 0 Å². The van der Waals surface area contributed by atoms with Crippen molar-refractivity contribution >= 4 is 11.6 Å². The van der Waals surface area contributed by atoms with Crippen LogP contribution in [-0.2, 0) is 5.41 Å². The van der Waals surface area contributed by atoms with Gasteiger partial charge >= 0.3 is 0 Å². The molecule has 3 aromatic rings. The van der Waals surface area contributed by atoms with Crippen molar-refractivity contribution in [2.75, 3.05) is 5.32 Å². The highest BCUT2D eigenvalue weighted by molar-refractivity contribution is 6.04. The Morgan fingerprint density at radius 3 is 2.48 bits per heavy atom. The molecule has 0 saturated heterocycles. The standard InChI is InChI=1S/C23H21N3O/c1-23(2,3)19-8-5-9-20(13-19)26-22(27)18-10-11-21(25-15-18)17-7-4-6-16(12-17)14-24/h4-13,15H,1-3H3,(H,26,27). The van der Waals surface area contributed by atoms with E-state index < -0.39 is 0 Å². The number of benzene rings is 2. The molecule has 0 aliphatic heterocycles. The van der Waals surface area contributed by atoms with E-state index in [1.165, 1.54) is 0 Å². The molecule has 1 amide bonds. The number of hydrogen-bond acceptors (Lipinski definition) is 3. The van der Waals surface area contributed by atoms with Gasteiger partial charge in [0.1, 0.15) is 0 Å². The molecule has 4 heteroatoms. The lowest BCUT2D eigenvalue weighted by Crippen LogP contribution is -2.14. The van der Waals surface area contributed by atoms with Gasteiger partial charge in [0.15, 0.2) is 0 Å². The molecule has 3 rings (SSSR count). The second kappa shape index (κ2) is 7.43. The van der Waals surface area contributed by atoms with E-state index in [1.807, 2.05) is 30.3 Å². The van der Waals surface area contributed by atoms with E-state index in [-0.39, 0.29) is 11.3 Å². The average molecular weight is 355 g/mol. The molecule has 1 aromatic heterocycles. The van der Waals surface area contributed by atoms with Gasteiger partial charge in [-0.2, -0.15) is 5.26 Å². The van der Waals surface area contributed by atoms with Crippen molar-refractivity contribution in [2.45, 2.75) is 26.2 Å². The van der Waals surface area contributed by atoms with Gasteiger partial charge in [-0.25, -0.2) is 0 Å². The minimum atomic E-state index is -0.203. The summed E-state index contributed by atoms with van der Waals surface area (Å²) in [6, 6.07) is 20.8. The first-order chi connectivity index (χ1) is 12.9. The maximum Gasteiger partial charge on any atom is 0.257 e. The number of hydrogen-bond donors (Lipinski definition) is 1. The number of aromatic nitrogens is 1. The summed E-state index contributed by atoms with van der Waals surface area (Å²) in [7, 11) is 0. The summed E-state index contributed by atoms with van der Waals surface area (Å²) in [5.74, 6) is -0.203. The molecule has 2 aromatic carbocycles. The van der Waals surface area contributed by atoms with Gasteiger partial charge < -0.3 is 5.32 Å². The summed E-state index contributed by atoms with van der Waals surface area (Å²) in [6.07, 6.45) is 1.55. The Balaban J connectivity index is 1.77. The predicted octanol–water partition coefficient (Wildman–Crippen LogP) is 5.17. The number of rotatable bonds is 3. The monoisotopic (exact) mass is 355 g/mol. The third-order valence-electron chi connectivity index (χ3n) is 4.30. The van der Waals surface area contributed by atoms with Gasteiger partial charge in [0.05, 0.1) is 22.9 Å². The predicted molar refractivity (Wildman–Crippen MR) is 107 cm³/mol. The first-order valence-corrected chi connectivity index (χ1v) is 8.75. The van der Waals surface area contributed by atoms with Crippen molar-refractivity contribution in [2.24, 2.45) is 0 Å². The van der Waals surface area contributed by atoms with Crippen LogP contribution in [0.2, 0.25) is 0 Å². The number of nitriles is 1. The molecule has 0 saturated carbocycles. The molecule has 0 radical (unpaired) electrons. The maximum atomic E-state index is 12.5. The Morgan fingerprint density at radius 2 is 1.81 bits per heavy atom. The Kier molecular flexibility index (Phi) is 5.05. The number of pyridine rings is 1. The van der Waals surface area contributed by atoms with Crippen LogP contribution in [0.4, 0.5) is 5.69 Å². The minimum Gasteiger partial charge on any atom is -0.322 e. The fourth-order valence-corrected chi connectivity index (χ4v) is 2.71. The molecular weight excluding hydrogens is 334 g/mol. The van der Waals surface area contributed by atoms with Crippen molar-refractivity contribution in [1.82, 2.24) is 4.98 Å². The molecule has 0 bridgehead atoms. The molecule has 0 aliphatic rings. The van der Waals surface area contributed by atoms with Crippen LogP contribution in [0.25, 0.3) is 11.3 Å². The molecule has 0 spiro atoms. The smallest absolute Gasteiger partial charge is 0.257 e. The average Bonchev–Trinajstić information content (AvgIpc) is 2.67. The van der Waals surface area contributed by atoms with E-state index in [9.17, 15) is 4.79 Å². The molecule has 0 unspecified atom stereocenters. The van der Waals surface area contributed by atoms with Crippen molar-refractivity contribution < 1.29 is 4.79 Å². The van der Waals surface area contributed by atoms with Gasteiger partial charge in [-0.3, -0.25) is 9.78 Å². The fourth-order valence-electron chi connectivity index (χ4n) is 2.71. The third kappa shape index (κ3) is 4.39. The largest absolute Gasteiger partial charge is 0.322 e. The Labute approximate surface area is 159 Å². The van der Waals surface area contributed by atoms with Gasteiger partial charge in [0, 0.05) is 17.4 Å². The van der Waals surface area contributed by atoms with Crippen molar-refractivity contribution in [3.05, 3.63) is 83.6 Å². The number of anilines is 1. The molecular formula is C23H21N3O. The normalized spacial score (nSPS) is 10.9. The second-order valence-electron chi connectivity index (χ2n) is 7.41. The minimum absolute atomic E-state index is 0.0158. The van der Waals surface area contributed by atoms with E-state index >= 15 is 0 Å². The van der Waals surface area contributed by atoms with E-state index in [2.05, 4.69) is 43.2 Å². The highest BCUT2D eigenvalue weighted by Crippen LogP contribution is 2.25. The highest BCUT2D eigenvalue weighted by Gasteiger charge is 2.14. The summed E-state index contributed by atoms with van der Waals surface area (Å²) in [6.45, 7) is 6.41. The molecule has 27 heavy (non-hydrogen) atoms. The van der Waals surface area contributed by atoms with Gasteiger partial charge in [-0.1, -0.05) is 45.0 Å². The van der Waals surface area contributed by atoms with Crippen LogP contribution in [0.1, 0.15) is 42.3 Å². The van der Waals surface area contributed by atoms with Crippen LogP contribution in [0.5, 0.6) is 0 Å². The first-order valence-electron chi connectivity index (χ1n) is 8.75. The number of nitrogens with one attached hydrogen (secondary N) is 1. The zero-order valence-corrected chi connectivity index (χ0v) is 15.7. The molecule has 1 N–H and O–H groups in total. The van der Waals surface area contributed by atoms with Crippen LogP contribution in [0.15, 0.2) is 66.9 Å². The zero-order chi connectivity index (χ0) is 19.4. The first kappa shape index (κ1) is 18.3. The third-order valence-corrected chi connectivity index (χ3v) is 4.30. The van der Waals surface area contributed by atoms with Crippen LogP contribution in [0.3, 0.4) is 0 Å². The quantitative estimate of drug-likeness (QED) is 0.705. The van der Waals surface area contributed by atoms with Gasteiger partial charge in [0.2, 0.25) is 0 Å². The van der Waals surface area contributed by atoms with Crippen molar-refractivity contribution in [3.8, 4) is 17.3 Å². The number of carbonyl (C=O) groups is 1. The molecule has 1 heterocycles. The van der Waals surface area contributed by atoms with E-state index in [1.54, 1.807) is 30.5 Å². The molecule has 0 aliphatic carbocycles. The highest BCUT2D eigenvalue weighted by atomic mass is 16.1. The zero-order valence-electron chi connectivity index (χ0n) is 15.7. The maximum absolute atomic E-state index is 12.5. The summed E-state index contributed by atoms with van der Waals surface area (Å²) in [5.41, 5.74) is 4.56. The molecule has 4 nitrogen and oxygen atoms in total. The Morgan fingerprint density at radius 1 is 1.04 bits per heavy atom. The number of amides is 1. The number of nitrogens with zero attached hydrogens (tertiary/aromatic N) is 2. The van der Waals surface area contributed by atoms with Crippen molar-refractivity contribution in [1.29, 1.82) is 5.26 Å². The summed E-state index contributed by atoms with van der Waals surface area (Å²) < 4.78 is 0. The summed E-state index contributed by atoms with van der Waals surface area (Å²) >= 11 is 0. The second-order valence-corrected chi connectivity index (χ2v) is 7.41.